The van der Waals surface area contributed by atoms with Crippen LogP contribution < -0.4 is 5.32 Å². The molecule has 1 unspecified atom stereocenters. The second-order valence-corrected chi connectivity index (χ2v) is 6.33. The summed E-state index contributed by atoms with van der Waals surface area (Å²) in [4.78, 5) is 29.3. The molecule has 26 heavy (non-hydrogen) atoms. The summed E-state index contributed by atoms with van der Waals surface area (Å²) in [7, 11) is 0. The highest BCUT2D eigenvalue weighted by atomic mass is 19.1. The van der Waals surface area contributed by atoms with Crippen molar-refractivity contribution in [3.05, 3.63) is 54.1 Å². The van der Waals surface area contributed by atoms with Gasteiger partial charge in [-0.25, -0.2) is 9.18 Å². The fraction of sp³-hybridized carbons (Fsp3) is 0.368. The maximum Gasteiger partial charge on any atom is 0.337 e. The van der Waals surface area contributed by atoms with Crippen molar-refractivity contribution in [1.29, 1.82) is 0 Å². The molecular weight excluding hydrogens is 337 g/mol. The van der Waals surface area contributed by atoms with Gasteiger partial charge < -0.3 is 10.4 Å². The molecule has 0 radical (unpaired) electrons. The molecule has 2 rings (SSSR count). The van der Waals surface area contributed by atoms with Crippen molar-refractivity contribution in [2.45, 2.75) is 39.3 Å². The van der Waals surface area contributed by atoms with Gasteiger partial charge in [-0.1, -0.05) is 6.92 Å². The van der Waals surface area contributed by atoms with Crippen molar-refractivity contribution in [2.75, 3.05) is 0 Å². The molecule has 0 bridgehead atoms. The number of rotatable bonds is 7. The lowest BCUT2D eigenvalue weighted by molar-refractivity contribution is -0.110. The zero-order valence-electron chi connectivity index (χ0n) is 15.0. The zero-order valence-corrected chi connectivity index (χ0v) is 15.0. The molecule has 7 heteroatoms. The minimum absolute atomic E-state index is 0.170. The lowest BCUT2D eigenvalue weighted by atomic mass is 9.84. The number of carboxylic acids is 1. The number of nitrogens with one attached hydrogen (secondary N) is 1. The predicted molar refractivity (Wildman–Crippen MR) is 98.9 cm³/mol. The highest BCUT2D eigenvalue weighted by Crippen LogP contribution is 2.39. The minimum atomic E-state index is -1.00. The number of halogens is 1. The molecule has 1 heterocycles. The van der Waals surface area contributed by atoms with Crippen LogP contribution in [0.2, 0.25) is 0 Å². The normalized spacial score (nSPS) is 20.0. The first-order valence-corrected chi connectivity index (χ1v) is 8.12. The molecule has 1 aliphatic rings. The van der Waals surface area contributed by atoms with Gasteiger partial charge in [0.25, 0.3) is 0 Å². The fourth-order valence-electron chi connectivity index (χ4n) is 2.76. The number of amides is 1. The Morgan fingerprint density at radius 3 is 2.85 bits per heavy atom. The molecule has 6 nitrogen and oxygen atoms in total. The Balaban J connectivity index is 0.00000163. The van der Waals surface area contributed by atoms with E-state index in [0.29, 0.717) is 25.7 Å². The second-order valence-electron chi connectivity index (χ2n) is 6.33. The average Bonchev–Trinajstić information content (AvgIpc) is 2.96. The smallest absolute Gasteiger partial charge is 0.337 e. The van der Waals surface area contributed by atoms with E-state index in [9.17, 15) is 14.0 Å². The average molecular weight is 361 g/mol. The Labute approximate surface area is 152 Å². The van der Waals surface area contributed by atoms with Gasteiger partial charge in [0, 0.05) is 11.9 Å². The van der Waals surface area contributed by atoms with Gasteiger partial charge in [-0.05, 0) is 49.3 Å². The van der Waals surface area contributed by atoms with Crippen molar-refractivity contribution in [3.8, 4) is 0 Å². The van der Waals surface area contributed by atoms with E-state index in [1.165, 1.54) is 12.3 Å². The third kappa shape index (κ3) is 5.91. The molecule has 0 spiro atoms. The van der Waals surface area contributed by atoms with Crippen LogP contribution >= 0.6 is 0 Å². The highest BCUT2D eigenvalue weighted by molar-refractivity contribution is 5.87. The van der Waals surface area contributed by atoms with Crippen molar-refractivity contribution in [3.63, 3.8) is 0 Å². The summed E-state index contributed by atoms with van der Waals surface area (Å²) in [6.45, 7) is 9.66. The van der Waals surface area contributed by atoms with Crippen LogP contribution in [0.5, 0.6) is 0 Å². The Kier molecular flexibility index (Phi) is 7.83. The van der Waals surface area contributed by atoms with Gasteiger partial charge in [0.1, 0.15) is 12.0 Å². The summed E-state index contributed by atoms with van der Waals surface area (Å²) in [6.07, 6.45) is 5.75. The predicted octanol–water partition coefficient (Wildman–Crippen LogP) is 3.09. The number of aromatic carboxylic acids is 1. The molecule has 0 saturated carbocycles. The maximum atomic E-state index is 13.8. The van der Waals surface area contributed by atoms with Crippen LogP contribution in [0.1, 0.15) is 41.9 Å². The van der Waals surface area contributed by atoms with E-state index in [1.807, 2.05) is 6.92 Å². The summed E-state index contributed by atoms with van der Waals surface area (Å²) >= 11 is 0. The van der Waals surface area contributed by atoms with Crippen LogP contribution in [0.15, 0.2) is 42.3 Å². The summed E-state index contributed by atoms with van der Waals surface area (Å²) in [5.74, 6) is -1.47. The standard InChI is InChI=1S/C17H20FN3O3.C2H4/c1-11(21-10-22)19-9-14(18)3-4-17(2)6-12-5-13(16(23)24)8-20-15(12)7-17;1-2/h3,5,8-11H,4,6-7H2,1-2H3,(H,21,22)(H,23,24);1-2H2/b14-3+,19-9-;/t11?,17-;/m1./s1. The molecule has 1 amide bonds. The lowest BCUT2D eigenvalue weighted by Crippen LogP contribution is -2.21. The molecule has 140 valence electrons. The van der Waals surface area contributed by atoms with Gasteiger partial charge in [0.05, 0.1) is 11.8 Å². The van der Waals surface area contributed by atoms with Crippen molar-refractivity contribution >= 4 is 18.6 Å². The van der Waals surface area contributed by atoms with E-state index in [0.717, 1.165) is 17.5 Å². The zero-order chi connectivity index (χ0) is 19.7. The third-order valence-electron chi connectivity index (χ3n) is 4.04. The Hall–Kier alpha value is -2.83. The molecule has 1 aromatic rings. The SMILES string of the molecule is C=C.CC(/N=C\C(F)=C/C[C@]1(C)Cc2cc(C(=O)O)cnc2C1)NC=O. The van der Waals surface area contributed by atoms with Gasteiger partial charge in [-0.2, -0.15) is 0 Å². The third-order valence-corrected chi connectivity index (χ3v) is 4.04. The van der Waals surface area contributed by atoms with Crippen LogP contribution in [0.25, 0.3) is 0 Å². The first-order chi connectivity index (χ1) is 12.3. The Morgan fingerprint density at radius 1 is 1.54 bits per heavy atom. The molecule has 2 N–H and O–H groups in total. The molecule has 0 saturated heterocycles. The van der Waals surface area contributed by atoms with Gasteiger partial charge in [0.2, 0.25) is 6.41 Å². The topological polar surface area (TPSA) is 91.7 Å². The number of allylic oxidation sites excluding steroid dienone is 2. The molecular formula is C19H24FN3O3. The number of fused-ring (bicyclic) bond motifs is 1. The van der Waals surface area contributed by atoms with Crippen LogP contribution in [0, 0.1) is 5.41 Å². The Morgan fingerprint density at radius 2 is 2.23 bits per heavy atom. The molecule has 1 aromatic heterocycles. The summed E-state index contributed by atoms with van der Waals surface area (Å²) < 4.78 is 13.8. The van der Waals surface area contributed by atoms with Gasteiger partial charge in [-0.15, -0.1) is 13.2 Å². The van der Waals surface area contributed by atoms with Gasteiger partial charge in [-0.3, -0.25) is 14.8 Å². The Bertz CT molecular complexity index is 718. The number of aliphatic imine (C=N–C) groups is 1. The minimum Gasteiger partial charge on any atom is -0.478 e. The van der Waals surface area contributed by atoms with E-state index < -0.39 is 18.0 Å². The number of nitrogens with zero attached hydrogens (tertiary/aromatic N) is 2. The largest absolute Gasteiger partial charge is 0.478 e. The van der Waals surface area contributed by atoms with Gasteiger partial charge in [0.15, 0.2) is 0 Å². The monoisotopic (exact) mass is 361 g/mol. The summed E-state index contributed by atoms with van der Waals surface area (Å²) in [6, 6.07) is 1.64. The van der Waals surface area contributed by atoms with Crippen LogP contribution in [-0.2, 0) is 17.6 Å². The fourth-order valence-corrected chi connectivity index (χ4v) is 2.76. The summed E-state index contributed by atoms with van der Waals surface area (Å²) in [5, 5.41) is 11.4. The number of carbonyl (C=O) groups is 2. The number of carbonyl (C=O) groups excluding carboxylic acids is 1. The van der Waals surface area contributed by atoms with Crippen LogP contribution in [0.4, 0.5) is 4.39 Å². The molecule has 1 aliphatic carbocycles. The number of hydrogen-bond acceptors (Lipinski definition) is 4. The molecule has 0 aliphatic heterocycles. The molecule has 0 fully saturated rings. The lowest BCUT2D eigenvalue weighted by Gasteiger charge is -2.20. The van der Waals surface area contributed by atoms with E-state index >= 15 is 0 Å². The summed E-state index contributed by atoms with van der Waals surface area (Å²) in [5.41, 5.74) is 1.74. The highest BCUT2D eigenvalue weighted by Gasteiger charge is 2.33. The van der Waals surface area contributed by atoms with E-state index in [1.54, 1.807) is 13.0 Å². The van der Waals surface area contributed by atoms with E-state index in [-0.39, 0.29) is 11.0 Å². The van der Waals surface area contributed by atoms with E-state index in [4.69, 9.17) is 5.11 Å². The van der Waals surface area contributed by atoms with Crippen molar-refractivity contribution in [1.82, 2.24) is 10.3 Å². The first-order valence-electron chi connectivity index (χ1n) is 8.12. The first kappa shape index (κ1) is 21.2. The van der Waals surface area contributed by atoms with Crippen LogP contribution in [-0.4, -0.2) is 34.9 Å². The number of pyridine rings is 1. The molecule has 2 atom stereocenters. The van der Waals surface area contributed by atoms with Crippen LogP contribution in [0.3, 0.4) is 0 Å². The maximum absolute atomic E-state index is 13.8. The number of aromatic nitrogens is 1. The molecule has 0 aromatic carbocycles. The van der Waals surface area contributed by atoms with Gasteiger partial charge >= 0.3 is 5.97 Å². The van der Waals surface area contributed by atoms with Crippen molar-refractivity contribution < 1.29 is 19.1 Å². The number of carboxylic acid groups (broad SMARTS) is 1. The van der Waals surface area contributed by atoms with Crippen molar-refractivity contribution in [2.24, 2.45) is 10.4 Å². The van der Waals surface area contributed by atoms with E-state index in [2.05, 4.69) is 28.5 Å². The number of hydrogen-bond donors (Lipinski definition) is 2. The quantitative estimate of drug-likeness (QED) is 0.443. The second kappa shape index (κ2) is 9.60.